The number of imide groups is 1. The molecule has 2 aliphatic rings. The van der Waals surface area contributed by atoms with Crippen LogP contribution >= 0.6 is 0 Å². The number of carbonyl (C=O) groups is 4. The fourth-order valence-electron chi connectivity index (χ4n) is 3.22. The van der Waals surface area contributed by atoms with Crippen LogP contribution in [0.2, 0.25) is 0 Å². The second-order valence-corrected chi connectivity index (χ2v) is 7.21. The van der Waals surface area contributed by atoms with Crippen molar-refractivity contribution in [1.82, 2.24) is 10.2 Å². The molecule has 2 fully saturated rings. The van der Waals surface area contributed by atoms with Gasteiger partial charge in [-0.3, -0.25) is 19.3 Å². The number of nitrogens with zero attached hydrogens (tertiary/aromatic N) is 1. The normalized spacial score (nSPS) is 21.3. The third-order valence-corrected chi connectivity index (χ3v) is 4.98. The van der Waals surface area contributed by atoms with Crippen molar-refractivity contribution >= 4 is 29.5 Å². The van der Waals surface area contributed by atoms with Gasteiger partial charge in [-0.1, -0.05) is 6.07 Å². The number of anilines is 1. The van der Waals surface area contributed by atoms with Crippen molar-refractivity contribution in [2.75, 3.05) is 25.6 Å². The molecular formula is C19H23N3O6. The van der Waals surface area contributed by atoms with Gasteiger partial charge in [0.2, 0.25) is 0 Å². The van der Waals surface area contributed by atoms with Gasteiger partial charge in [0, 0.05) is 0 Å². The highest BCUT2D eigenvalue weighted by atomic mass is 16.5. The summed E-state index contributed by atoms with van der Waals surface area (Å²) in [6, 6.07) is 4.66. The second kappa shape index (κ2) is 7.49. The Morgan fingerprint density at radius 1 is 1.32 bits per heavy atom. The number of amides is 4. The lowest BCUT2D eigenvalue weighted by Crippen LogP contribution is -2.46. The minimum absolute atomic E-state index is 0.0973. The number of benzene rings is 1. The van der Waals surface area contributed by atoms with Crippen molar-refractivity contribution in [1.29, 1.82) is 0 Å². The minimum Gasteiger partial charge on any atom is -0.495 e. The van der Waals surface area contributed by atoms with Crippen molar-refractivity contribution in [3.8, 4) is 5.75 Å². The molecule has 1 aromatic carbocycles. The first kappa shape index (κ1) is 19.7. The summed E-state index contributed by atoms with van der Waals surface area (Å²) in [5.41, 5.74) is 0.416. The number of methoxy groups -OCH3 is 1. The summed E-state index contributed by atoms with van der Waals surface area (Å²) < 4.78 is 10.1. The summed E-state index contributed by atoms with van der Waals surface area (Å²) in [7, 11) is 1.48. The van der Waals surface area contributed by atoms with E-state index in [4.69, 9.17) is 9.47 Å². The average Bonchev–Trinajstić information content (AvgIpc) is 3.46. The average molecular weight is 389 g/mol. The predicted octanol–water partition coefficient (Wildman–Crippen LogP) is 1.21. The molecule has 0 aromatic heterocycles. The van der Waals surface area contributed by atoms with Crippen molar-refractivity contribution in [3.63, 3.8) is 0 Å². The van der Waals surface area contributed by atoms with Gasteiger partial charge < -0.3 is 20.1 Å². The van der Waals surface area contributed by atoms with Gasteiger partial charge in [-0.2, -0.15) is 0 Å². The van der Waals surface area contributed by atoms with Gasteiger partial charge in [-0.25, -0.2) is 4.79 Å². The van der Waals surface area contributed by atoms with Crippen LogP contribution in [-0.2, 0) is 19.1 Å². The first-order valence-electron chi connectivity index (χ1n) is 8.99. The van der Waals surface area contributed by atoms with Gasteiger partial charge in [0.05, 0.1) is 12.8 Å². The van der Waals surface area contributed by atoms with Crippen molar-refractivity contribution in [2.45, 2.75) is 32.2 Å². The van der Waals surface area contributed by atoms with Crippen LogP contribution in [0.1, 0.15) is 25.3 Å². The molecular weight excluding hydrogens is 366 g/mol. The van der Waals surface area contributed by atoms with E-state index >= 15 is 0 Å². The van der Waals surface area contributed by atoms with Crippen LogP contribution in [0.3, 0.4) is 0 Å². The van der Waals surface area contributed by atoms with E-state index in [0.29, 0.717) is 11.4 Å². The number of esters is 1. The number of aryl methyl sites for hydroxylation is 1. The first-order valence-corrected chi connectivity index (χ1v) is 8.99. The summed E-state index contributed by atoms with van der Waals surface area (Å²) in [4.78, 5) is 49.4. The maximum atomic E-state index is 12.5. The summed E-state index contributed by atoms with van der Waals surface area (Å²) in [5.74, 6) is -1.26. The molecule has 1 heterocycles. The van der Waals surface area contributed by atoms with E-state index in [1.165, 1.54) is 7.11 Å². The Balaban J connectivity index is 1.52. The Hall–Kier alpha value is -3.10. The van der Waals surface area contributed by atoms with Crippen molar-refractivity contribution < 1.29 is 28.7 Å². The standard InChI is InChI=1S/C19H23N3O6/c1-11-4-7-14(27-3)13(8-11)20-15(23)10-28-16(24)9-22-17(25)19(2,12-5-6-12)21-18(22)26/h4,7-8,12H,5-6,9-10H2,1-3H3,(H,20,23)(H,21,26). The largest absolute Gasteiger partial charge is 0.495 e. The van der Waals surface area contributed by atoms with E-state index in [-0.39, 0.29) is 5.92 Å². The van der Waals surface area contributed by atoms with Crippen molar-refractivity contribution in [3.05, 3.63) is 23.8 Å². The van der Waals surface area contributed by atoms with Crippen LogP contribution in [-0.4, -0.2) is 54.5 Å². The maximum absolute atomic E-state index is 12.5. The number of rotatable bonds is 7. The molecule has 9 nitrogen and oxygen atoms in total. The summed E-state index contributed by atoms with van der Waals surface area (Å²) in [5, 5.41) is 5.25. The molecule has 1 unspecified atom stereocenters. The van der Waals surface area contributed by atoms with Gasteiger partial charge in [0.15, 0.2) is 6.61 Å². The molecule has 28 heavy (non-hydrogen) atoms. The molecule has 2 N–H and O–H groups in total. The Morgan fingerprint density at radius 2 is 2.04 bits per heavy atom. The lowest BCUT2D eigenvalue weighted by molar-refractivity contribution is -0.150. The topological polar surface area (TPSA) is 114 Å². The molecule has 0 spiro atoms. The van der Waals surface area contributed by atoms with Crippen LogP contribution in [0.15, 0.2) is 18.2 Å². The highest BCUT2D eigenvalue weighted by Gasteiger charge is 2.56. The van der Waals surface area contributed by atoms with Gasteiger partial charge in [0.25, 0.3) is 11.8 Å². The SMILES string of the molecule is COc1ccc(C)cc1NC(=O)COC(=O)CN1C(=O)NC(C)(C2CC2)C1=O. The monoisotopic (exact) mass is 389 g/mol. The van der Waals surface area contributed by atoms with Crippen LogP contribution in [0.5, 0.6) is 5.75 Å². The predicted molar refractivity (Wildman–Crippen MR) is 98.7 cm³/mol. The minimum atomic E-state index is -0.962. The molecule has 1 saturated carbocycles. The molecule has 0 radical (unpaired) electrons. The molecule has 1 saturated heterocycles. The third-order valence-electron chi connectivity index (χ3n) is 4.98. The van der Waals surface area contributed by atoms with E-state index in [0.717, 1.165) is 23.3 Å². The van der Waals surface area contributed by atoms with E-state index in [9.17, 15) is 19.2 Å². The van der Waals surface area contributed by atoms with Crippen LogP contribution in [0, 0.1) is 12.8 Å². The van der Waals surface area contributed by atoms with E-state index in [2.05, 4.69) is 10.6 Å². The molecule has 4 amide bonds. The van der Waals surface area contributed by atoms with Crippen molar-refractivity contribution in [2.24, 2.45) is 5.92 Å². The molecule has 3 rings (SSSR count). The summed E-state index contributed by atoms with van der Waals surface area (Å²) in [6.45, 7) is 2.45. The van der Waals surface area contributed by atoms with Crippen LogP contribution in [0.4, 0.5) is 10.5 Å². The Morgan fingerprint density at radius 3 is 2.68 bits per heavy atom. The number of hydrogen-bond donors (Lipinski definition) is 2. The Labute approximate surface area is 162 Å². The maximum Gasteiger partial charge on any atom is 0.326 e. The lowest BCUT2D eigenvalue weighted by atomic mass is 9.96. The highest BCUT2D eigenvalue weighted by Crippen LogP contribution is 2.42. The molecule has 0 bridgehead atoms. The highest BCUT2D eigenvalue weighted by molar-refractivity contribution is 6.09. The molecule has 150 valence electrons. The second-order valence-electron chi connectivity index (χ2n) is 7.21. The Bertz CT molecular complexity index is 835. The molecule has 1 aliphatic heterocycles. The zero-order chi connectivity index (χ0) is 20.5. The smallest absolute Gasteiger partial charge is 0.326 e. The van der Waals surface area contributed by atoms with E-state index in [1.54, 1.807) is 19.1 Å². The van der Waals surface area contributed by atoms with Crippen LogP contribution < -0.4 is 15.4 Å². The zero-order valence-electron chi connectivity index (χ0n) is 16.0. The number of nitrogens with one attached hydrogen (secondary N) is 2. The number of carbonyl (C=O) groups excluding carboxylic acids is 4. The van der Waals surface area contributed by atoms with Gasteiger partial charge >= 0.3 is 12.0 Å². The lowest BCUT2D eigenvalue weighted by Gasteiger charge is -2.20. The van der Waals surface area contributed by atoms with E-state index < -0.39 is 42.5 Å². The van der Waals surface area contributed by atoms with Crippen LogP contribution in [0.25, 0.3) is 0 Å². The van der Waals surface area contributed by atoms with Gasteiger partial charge in [-0.15, -0.1) is 0 Å². The fraction of sp³-hybridized carbons (Fsp3) is 0.474. The quantitative estimate of drug-likeness (QED) is 0.535. The molecule has 1 aliphatic carbocycles. The third kappa shape index (κ3) is 3.92. The Kier molecular flexibility index (Phi) is 5.26. The molecule has 9 heteroatoms. The summed E-state index contributed by atoms with van der Waals surface area (Å²) in [6.07, 6.45) is 1.73. The first-order chi connectivity index (χ1) is 13.2. The number of hydrogen-bond acceptors (Lipinski definition) is 6. The molecule has 1 atom stereocenters. The fourth-order valence-corrected chi connectivity index (χ4v) is 3.22. The zero-order valence-corrected chi connectivity index (χ0v) is 16.0. The summed E-state index contributed by atoms with van der Waals surface area (Å²) >= 11 is 0. The van der Waals surface area contributed by atoms with E-state index in [1.807, 2.05) is 13.0 Å². The molecule has 1 aromatic rings. The van der Waals surface area contributed by atoms with Gasteiger partial charge in [0.1, 0.15) is 17.8 Å². The number of urea groups is 1. The van der Waals surface area contributed by atoms with Gasteiger partial charge in [-0.05, 0) is 50.3 Å². The number of ether oxygens (including phenoxy) is 2.